The molecule has 2 fully saturated rings. The van der Waals surface area contributed by atoms with Crippen molar-refractivity contribution in [1.82, 2.24) is 0 Å². The fourth-order valence-corrected chi connectivity index (χ4v) is 5.63. The summed E-state index contributed by atoms with van der Waals surface area (Å²) in [7, 11) is 0. The van der Waals surface area contributed by atoms with Gasteiger partial charge in [-0.15, -0.1) is 0 Å². The summed E-state index contributed by atoms with van der Waals surface area (Å²) in [5.74, 6) is 0.324. The van der Waals surface area contributed by atoms with E-state index >= 15 is 0 Å². The monoisotopic (exact) mass is 380 g/mol. The van der Waals surface area contributed by atoms with Crippen molar-refractivity contribution in [2.24, 2.45) is 41.4 Å². The predicted octanol–water partition coefficient (Wildman–Crippen LogP) is 5.55. The van der Waals surface area contributed by atoms with E-state index in [0.717, 1.165) is 31.1 Å². The summed E-state index contributed by atoms with van der Waals surface area (Å²) in [6.45, 7) is 9.36. The van der Waals surface area contributed by atoms with Crippen LogP contribution in [0.25, 0.3) is 0 Å². The summed E-state index contributed by atoms with van der Waals surface area (Å²) < 4.78 is 5.73. The Morgan fingerprint density at radius 1 is 1.00 bits per heavy atom. The molecule has 0 aromatic rings. The van der Waals surface area contributed by atoms with Gasteiger partial charge in [0.25, 0.3) is 0 Å². The molecule has 7 atom stereocenters. The van der Waals surface area contributed by atoms with Gasteiger partial charge in [0, 0.05) is 0 Å². The molecule has 0 bridgehead atoms. The van der Waals surface area contributed by atoms with E-state index in [9.17, 15) is 14.7 Å². The lowest BCUT2D eigenvalue weighted by atomic mass is 9.66. The first kappa shape index (κ1) is 22.2. The normalized spacial score (nSPS) is 37.0. The summed E-state index contributed by atoms with van der Waals surface area (Å²) in [5.41, 5.74) is 0. The van der Waals surface area contributed by atoms with Crippen LogP contribution in [0.4, 0.5) is 0 Å². The third-order valence-electron chi connectivity index (χ3n) is 7.53. The molecule has 0 saturated heterocycles. The molecule has 1 N–H and O–H groups in total. The summed E-state index contributed by atoms with van der Waals surface area (Å²) in [6, 6.07) is 0. The molecule has 27 heavy (non-hydrogen) atoms. The van der Waals surface area contributed by atoms with Gasteiger partial charge in [-0.2, -0.15) is 0 Å². The lowest BCUT2D eigenvalue weighted by molar-refractivity contribution is -0.163. The molecule has 0 radical (unpaired) electrons. The standard InChI is InChI=1S/C23H40O4/c1-5-6-7-10-19-15(2)12-13-18(17(19)4)14-27-23(26)20-11-8-9-16(3)21(20)22(24)25/h15-21H,5-14H2,1-4H3,(H,24,25). The molecule has 2 aliphatic rings. The highest BCUT2D eigenvalue weighted by molar-refractivity contribution is 5.81. The third kappa shape index (κ3) is 5.71. The van der Waals surface area contributed by atoms with Crippen LogP contribution in [0.5, 0.6) is 0 Å². The Balaban J connectivity index is 1.90. The lowest BCUT2D eigenvalue weighted by Gasteiger charge is -2.40. The molecule has 4 heteroatoms. The van der Waals surface area contributed by atoms with Gasteiger partial charge in [0.2, 0.25) is 0 Å². The highest BCUT2D eigenvalue weighted by Crippen LogP contribution is 2.42. The number of carbonyl (C=O) groups is 2. The molecule has 0 heterocycles. The topological polar surface area (TPSA) is 63.6 Å². The molecule has 0 amide bonds. The van der Waals surface area contributed by atoms with Crippen LogP contribution in [0.1, 0.15) is 85.5 Å². The first-order valence-electron chi connectivity index (χ1n) is 11.3. The molecule has 0 aromatic heterocycles. The van der Waals surface area contributed by atoms with Gasteiger partial charge in [-0.05, 0) is 55.3 Å². The Bertz CT molecular complexity index is 489. The fourth-order valence-electron chi connectivity index (χ4n) is 5.63. The van der Waals surface area contributed by atoms with E-state index in [2.05, 4.69) is 20.8 Å². The predicted molar refractivity (Wildman–Crippen MR) is 107 cm³/mol. The molecular weight excluding hydrogens is 340 g/mol. The average molecular weight is 381 g/mol. The molecule has 2 rings (SSSR count). The van der Waals surface area contributed by atoms with Gasteiger partial charge in [0.15, 0.2) is 0 Å². The van der Waals surface area contributed by atoms with Gasteiger partial charge >= 0.3 is 11.9 Å². The number of ether oxygens (including phenoxy) is 1. The molecule has 0 spiro atoms. The lowest BCUT2D eigenvalue weighted by Crippen LogP contribution is -2.40. The summed E-state index contributed by atoms with van der Waals surface area (Å²) >= 11 is 0. The van der Waals surface area contributed by atoms with Gasteiger partial charge in [-0.25, -0.2) is 0 Å². The second-order valence-corrected chi connectivity index (χ2v) is 9.34. The van der Waals surface area contributed by atoms with Gasteiger partial charge in [0.05, 0.1) is 18.4 Å². The second kappa shape index (κ2) is 10.5. The molecule has 2 saturated carbocycles. The van der Waals surface area contributed by atoms with Crippen LogP contribution in [0.15, 0.2) is 0 Å². The van der Waals surface area contributed by atoms with Gasteiger partial charge < -0.3 is 9.84 Å². The van der Waals surface area contributed by atoms with Gasteiger partial charge in [0.1, 0.15) is 0 Å². The van der Waals surface area contributed by atoms with E-state index in [4.69, 9.17) is 4.74 Å². The Morgan fingerprint density at radius 3 is 2.41 bits per heavy atom. The number of rotatable bonds is 8. The minimum Gasteiger partial charge on any atom is -0.481 e. The number of carbonyl (C=O) groups excluding carboxylic acids is 1. The smallest absolute Gasteiger partial charge is 0.309 e. The first-order valence-corrected chi connectivity index (χ1v) is 11.3. The number of unbranched alkanes of at least 4 members (excludes halogenated alkanes) is 2. The van der Waals surface area contributed by atoms with Crippen LogP contribution in [0, 0.1) is 41.4 Å². The van der Waals surface area contributed by atoms with Crippen molar-refractivity contribution in [2.75, 3.05) is 6.61 Å². The Labute approximate surface area is 165 Å². The Kier molecular flexibility index (Phi) is 8.62. The van der Waals surface area contributed by atoms with E-state index in [-0.39, 0.29) is 11.9 Å². The van der Waals surface area contributed by atoms with Gasteiger partial charge in [-0.3, -0.25) is 9.59 Å². The maximum absolute atomic E-state index is 12.7. The van der Waals surface area contributed by atoms with Crippen LogP contribution in [0.2, 0.25) is 0 Å². The maximum Gasteiger partial charge on any atom is 0.309 e. The number of carboxylic acid groups (broad SMARTS) is 1. The number of hydrogen-bond donors (Lipinski definition) is 1. The average Bonchev–Trinajstić information content (AvgIpc) is 2.63. The Morgan fingerprint density at radius 2 is 1.74 bits per heavy atom. The zero-order chi connectivity index (χ0) is 20.0. The summed E-state index contributed by atoms with van der Waals surface area (Å²) in [6.07, 6.45) is 9.90. The largest absolute Gasteiger partial charge is 0.481 e. The van der Waals surface area contributed by atoms with Crippen molar-refractivity contribution in [3.05, 3.63) is 0 Å². The van der Waals surface area contributed by atoms with Crippen LogP contribution in [0.3, 0.4) is 0 Å². The van der Waals surface area contributed by atoms with Crippen molar-refractivity contribution in [3.8, 4) is 0 Å². The molecule has 7 unspecified atom stereocenters. The number of carboxylic acids is 1. The van der Waals surface area contributed by atoms with Crippen molar-refractivity contribution < 1.29 is 19.4 Å². The van der Waals surface area contributed by atoms with E-state index in [1.807, 2.05) is 6.92 Å². The van der Waals surface area contributed by atoms with E-state index in [1.165, 1.54) is 32.1 Å². The fraction of sp³-hybridized carbons (Fsp3) is 0.913. The Hall–Kier alpha value is -1.06. The van der Waals surface area contributed by atoms with E-state index < -0.39 is 17.8 Å². The first-order chi connectivity index (χ1) is 12.9. The highest BCUT2D eigenvalue weighted by atomic mass is 16.5. The summed E-state index contributed by atoms with van der Waals surface area (Å²) in [4.78, 5) is 24.3. The summed E-state index contributed by atoms with van der Waals surface area (Å²) in [5, 5.41) is 9.55. The molecular formula is C23H40O4. The van der Waals surface area contributed by atoms with E-state index in [0.29, 0.717) is 24.9 Å². The minimum absolute atomic E-state index is 0.0474. The quantitative estimate of drug-likeness (QED) is 0.443. The van der Waals surface area contributed by atoms with Crippen LogP contribution < -0.4 is 0 Å². The van der Waals surface area contributed by atoms with E-state index in [1.54, 1.807) is 0 Å². The zero-order valence-corrected chi connectivity index (χ0v) is 17.8. The minimum atomic E-state index is -0.847. The number of aliphatic carboxylic acids is 1. The van der Waals surface area contributed by atoms with Crippen molar-refractivity contribution in [2.45, 2.75) is 85.5 Å². The van der Waals surface area contributed by atoms with Crippen LogP contribution in [-0.2, 0) is 14.3 Å². The maximum atomic E-state index is 12.7. The van der Waals surface area contributed by atoms with Crippen molar-refractivity contribution in [3.63, 3.8) is 0 Å². The van der Waals surface area contributed by atoms with Crippen molar-refractivity contribution in [1.29, 1.82) is 0 Å². The van der Waals surface area contributed by atoms with Crippen LogP contribution in [-0.4, -0.2) is 23.7 Å². The molecule has 0 aromatic carbocycles. The highest BCUT2D eigenvalue weighted by Gasteiger charge is 2.42. The molecule has 4 nitrogen and oxygen atoms in total. The third-order valence-corrected chi connectivity index (χ3v) is 7.53. The second-order valence-electron chi connectivity index (χ2n) is 9.34. The molecule has 2 aliphatic carbocycles. The molecule has 0 aliphatic heterocycles. The molecule has 156 valence electrons. The number of hydrogen-bond acceptors (Lipinski definition) is 3. The SMILES string of the molecule is CCCCCC1C(C)CCC(COC(=O)C2CCCC(C)C2C(=O)O)C1C. The number of esters is 1. The zero-order valence-electron chi connectivity index (χ0n) is 17.8. The van der Waals surface area contributed by atoms with Gasteiger partial charge in [-0.1, -0.05) is 59.8 Å². The van der Waals surface area contributed by atoms with Crippen LogP contribution >= 0.6 is 0 Å². The van der Waals surface area contributed by atoms with Crippen molar-refractivity contribution >= 4 is 11.9 Å².